The van der Waals surface area contributed by atoms with Crippen LogP contribution in [0.2, 0.25) is 0 Å². The zero-order valence-corrected chi connectivity index (χ0v) is 12.9. The lowest BCUT2D eigenvalue weighted by Gasteiger charge is -2.07. The summed E-state index contributed by atoms with van der Waals surface area (Å²) in [6.07, 6.45) is 5.63. The van der Waals surface area contributed by atoms with Crippen LogP contribution in [0.5, 0.6) is 0 Å². The van der Waals surface area contributed by atoms with Crippen molar-refractivity contribution in [2.45, 2.75) is 37.0 Å². The van der Waals surface area contributed by atoms with Gasteiger partial charge in [-0.1, -0.05) is 25.0 Å². The van der Waals surface area contributed by atoms with Gasteiger partial charge in [0.2, 0.25) is 10.0 Å². The fourth-order valence-electron chi connectivity index (χ4n) is 2.19. The highest BCUT2D eigenvalue weighted by molar-refractivity contribution is 7.89. The molecule has 1 saturated carbocycles. The molecule has 1 aliphatic carbocycles. The molecule has 1 fully saturated rings. The number of benzene rings is 1. The number of nitrogens with one attached hydrogen (secondary N) is 2. The Hall–Kier alpha value is -0.910. The average molecular weight is 296 g/mol. The fraction of sp³-hybridized carbons (Fsp3) is 0.600. The summed E-state index contributed by atoms with van der Waals surface area (Å²) in [5.74, 6) is 0.853. The summed E-state index contributed by atoms with van der Waals surface area (Å²) in [5, 5.41) is 3.08. The average Bonchev–Trinajstić information content (AvgIpc) is 3.26. The van der Waals surface area contributed by atoms with Crippen molar-refractivity contribution in [3.05, 3.63) is 29.8 Å². The molecular weight excluding hydrogens is 272 g/mol. The van der Waals surface area contributed by atoms with Crippen molar-refractivity contribution in [1.29, 1.82) is 0 Å². The summed E-state index contributed by atoms with van der Waals surface area (Å²) >= 11 is 0. The van der Waals surface area contributed by atoms with Gasteiger partial charge in [0.25, 0.3) is 0 Å². The second-order valence-electron chi connectivity index (χ2n) is 5.48. The number of hydrogen-bond acceptors (Lipinski definition) is 3. The van der Waals surface area contributed by atoms with Gasteiger partial charge in [0.1, 0.15) is 0 Å². The number of hydrogen-bond donors (Lipinski definition) is 2. The molecule has 0 unspecified atom stereocenters. The molecule has 1 aliphatic rings. The summed E-state index contributed by atoms with van der Waals surface area (Å²) in [7, 11) is -1.43. The minimum atomic E-state index is -3.34. The van der Waals surface area contributed by atoms with Gasteiger partial charge in [0.05, 0.1) is 4.90 Å². The molecule has 1 aromatic rings. The van der Waals surface area contributed by atoms with Gasteiger partial charge in [-0.05, 0) is 56.5 Å². The van der Waals surface area contributed by atoms with Crippen molar-refractivity contribution < 1.29 is 8.42 Å². The standard InChI is InChI=1S/C15H24N2O2S/c1-16-12-10-14-6-8-15(9-7-14)20(18,19)17-11-2-3-13-4-5-13/h6-9,13,16-17H,2-5,10-12H2,1H3. The highest BCUT2D eigenvalue weighted by Crippen LogP contribution is 2.33. The van der Waals surface area contributed by atoms with Crippen LogP contribution in [0.15, 0.2) is 29.2 Å². The predicted octanol–water partition coefficient (Wildman–Crippen LogP) is 1.92. The van der Waals surface area contributed by atoms with E-state index in [2.05, 4.69) is 10.0 Å². The summed E-state index contributed by atoms with van der Waals surface area (Å²) in [6, 6.07) is 7.15. The zero-order chi connectivity index (χ0) is 14.4. The maximum Gasteiger partial charge on any atom is 0.240 e. The smallest absolute Gasteiger partial charge is 0.240 e. The second-order valence-corrected chi connectivity index (χ2v) is 7.25. The quantitative estimate of drug-likeness (QED) is 0.685. The molecule has 0 atom stereocenters. The Bertz CT molecular complexity index is 507. The van der Waals surface area contributed by atoms with E-state index >= 15 is 0 Å². The van der Waals surface area contributed by atoms with Crippen LogP contribution in [0.1, 0.15) is 31.2 Å². The third-order valence-electron chi connectivity index (χ3n) is 3.68. The molecule has 0 spiro atoms. The molecule has 0 saturated heterocycles. The van der Waals surface area contributed by atoms with E-state index in [0.717, 1.165) is 37.3 Å². The summed E-state index contributed by atoms with van der Waals surface area (Å²) < 4.78 is 26.9. The van der Waals surface area contributed by atoms with Crippen LogP contribution >= 0.6 is 0 Å². The van der Waals surface area contributed by atoms with Crippen LogP contribution in [0.3, 0.4) is 0 Å². The molecule has 0 bridgehead atoms. The van der Waals surface area contributed by atoms with Crippen molar-refractivity contribution in [3.8, 4) is 0 Å². The number of sulfonamides is 1. The molecular formula is C15H24N2O2S. The van der Waals surface area contributed by atoms with Gasteiger partial charge in [-0.3, -0.25) is 0 Å². The summed E-state index contributed by atoms with van der Waals surface area (Å²) in [5.41, 5.74) is 1.15. The Kier molecular flexibility index (Phi) is 5.57. The van der Waals surface area contributed by atoms with Gasteiger partial charge in [-0.25, -0.2) is 13.1 Å². The maximum absolute atomic E-state index is 12.1. The van der Waals surface area contributed by atoms with E-state index in [0.29, 0.717) is 11.4 Å². The zero-order valence-electron chi connectivity index (χ0n) is 12.1. The van der Waals surface area contributed by atoms with E-state index in [9.17, 15) is 8.42 Å². The molecule has 4 nitrogen and oxygen atoms in total. The molecule has 0 radical (unpaired) electrons. The van der Waals surface area contributed by atoms with Crippen LogP contribution < -0.4 is 10.0 Å². The van der Waals surface area contributed by atoms with Crippen molar-refractivity contribution in [2.75, 3.05) is 20.1 Å². The Labute approximate surface area is 122 Å². The second kappa shape index (κ2) is 7.20. The third-order valence-corrected chi connectivity index (χ3v) is 5.15. The molecule has 0 aromatic heterocycles. The maximum atomic E-state index is 12.1. The first-order chi connectivity index (χ1) is 9.62. The minimum absolute atomic E-state index is 0.358. The predicted molar refractivity (Wildman–Crippen MR) is 81.2 cm³/mol. The molecule has 0 amide bonds. The monoisotopic (exact) mass is 296 g/mol. The van der Waals surface area contributed by atoms with Crippen LogP contribution in [-0.2, 0) is 16.4 Å². The fourth-order valence-corrected chi connectivity index (χ4v) is 3.27. The summed E-state index contributed by atoms with van der Waals surface area (Å²) in [4.78, 5) is 0.358. The van der Waals surface area contributed by atoms with E-state index in [4.69, 9.17) is 0 Å². The summed E-state index contributed by atoms with van der Waals surface area (Å²) in [6.45, 7) is 1.44. The normalized spacial score (nSPS) is 15.4. The molecule has 20 heavy (non-hydrogen) atoms. The van der Waals surface area contributed by atoms with Gasteiger partial charge in [-0.2, -0.15) is 0 Å². The molecule has 2 rings (SSSR count). The first-order valence-corrected chi connectivity index (χ1v) is 8.83. The molecule has 2 N–H and O–H groups in total. The lowest BCUT2D eigenvalue weighted by molar-refractivity contribution is 0.572. The Morgan fingerprint density at radius 3 is 2.45 bits per heavy atom. The van der Waals surface area contributed by atoms with Gasteiger partial charge in [-0.15, -0.1) is 0 Å². The topological polar surface area (TPSA) is 58.2 Å². The van der Waals surface area contributed by atoms with Crippen LogP contribution in [0.4, 0.5) is 0 Å². The molecule has 5 heteroatoms. The van der Waals surface area contributed by atoms with E-state index in [-0.39, 0.29) is 0 Å². The van der Waals surface area contributed by atoms with Gasteiger partial charge < -0.3 is 5.32 Å². The van der Waals surface area contributed by atoms with E-state index in [1.165, 1.54) is 12.8 Å². The van der Waals surface area contributed by atoms with Crippen molar-refractivity contribution >= 4 is 10.0 Å². The van der Waals surface area contributed by atoms with Crippen molar-refractivity contribution in [2.24, 2.45) is 5.92 Å². The highest BCUT2D eigenvalue weighted by Gasteiger charge is 2.20. The first kappa shape index (κ1) is 15.5. The van der Waals surface area contributed by atoms with E-state index in [1.54, 1.807) is 12.1 Å². The van der Waals surface area contributed by atoms with Gasteiger partial charge in [0, 0.05) is 6.54 Å². The van der Waals surface area contributed by atoms with E-state index in [1.807, 2.05) is 19.2 Å². The third kappa shape index (κ3) is 4.89. The minimum Gasteiger partial charge on any atom is -0.319 e. The lowest BCUT2D eigenvalue weighted by Crippen LogP contribution is -2.24. The number of rotatable bonds is 9. The molecule has 1 aromatic carbocycles. The highest BCUT2D eigenvalue weighted by atomic mass is 32.2. The van der Waals surface area contributed by atoms with Crippen molar-refractivity contribution in [3.63, 3.8) is 0 Å². The number of likely N-dealkylation sites (N-methyl/N-ethyl adjacent to an activating group) is 1. The van der Waals surface area contributed by atoms with Gasteiger partial charge >= 0.3 is 0 Å². The SMILES string of the molecule is CNCCc1ccc(S(=O)(=O)NCCCC2CC2)cc1. The first-order valence-electron chi connectivity index (χ1n) is 7.35. The molecule has 0 aliphatic heterocycles. The Morgan fingerprint density at radius 1 is 1.15 bits per heavy atom. The van der Waals surface area contributed by atoms with Gasteiger partial charge in [0.15, 0.2) is 0 Å². The molecule has 0 heterocycles. The largest absolute Gasteiger partial charge is 0.319 e. The van der Waals surface area contributed by atoms with Crippen LogP contribution in [0, 0.1) is 5.92 Å². The molecule has 112 valence electrons. The van der Waals surface area contributed by atoms with Crippen molar-refractivity contribution in [1.82, 2.24) is 10.0 Å². The van der Waals surface area contributed by atoms with Crippen LogP contribution in [0.25, 0.3) is 0 Å². The lowest BCUT2D eigenvalue weighted by atomic mass is 10.1. The van der Waals surface area contributed by atoms with E-state index < -0.39 is 10.0 Å². The Morgan fingerprint density at radius 2 is 1.85 bits per heavy atom. The Balaban J connectivity index is 1.83. The van der Waals surface area contributed by atoms with Crippen LogP contribution in [-0.4, -0.2) is 28.6 Å².